The molecule has 0 saturated heterocycles. The minimum Gasteiger partial charge on any atom is -0.508 e. The van der Waals surface area contributed by atoms with Crippen LogP contribution in [0.1, 0.15) is 12.5 Å². The van der Waals surface area contributed by atoms with E-state index in [0.717, 1.165) is 11.3 Å². The summed E-state index contributed by atoms with van der Waals surface area (Å²) in [5.74, 6) is 0.327. The first kappa shape index (κ1) is 10.9. The highest BCUT2D eigenvalue weighted by Crippen LogP contribution is 2.24. The first-order valence-corrected chi connectivity index (χ1v) is 4.75. The summed E-state index contributed by atoms with van der Waals surface area (Å²) in [7, 11) is 3.89. The molecule has 1 rings (SSSR count). The first-order valence-electron chi connectivity index (χ1n) is 4.75. The van der Waals surface area contributed by atoms with Crippen LogP contribution >= 0.6 is 0 Å². The second-order valence-electron chi connectivity index (χ2n) is 3.89. The molecule has 0 aliphatic heterocycles. The zero-order valence-corrected chi connectivity index (χ0v) is 8.99. The van der Waals surface area contributed by atoms with E-state index in [2.05, 4.69) is 0 Å². The lowest BCUT2D eigenvalue weighted by atomic mass is 10.1. The number of hydrogen-bond donors (Lipinski definition) is 2. The lowest BCUT2D eigenvalue weighted by Crippen LogP contribution is -2.18. The van der Waals surface area contributed by atoms with E-state index in [1.807, 2.05) is 38.1 Å². The van der Waals surface area contributed by atoms with E-state index in [9.17, 15) is 5.11 Å². The average Bonchev–Trinajstić information content (AvgIpc) is 2.07. The van der Waals surface area contributed by atoms with Crippen LogP contribution < -0.4 is 10.6 Å². The van der Waals surface area contributed by atoms with Gasteiger partial charge in [-0.25, -0.2) is 0 Å². The lowest BCUT2D eigenvalue weighted by Gasteiger charge is -2.14. The molecular formula is C11H18N2O. The van der Waals surface area contributed by atoms with Crippen molar-refractivity contribution in [3.05, 3.63) is 23.8 Å². The molecule has 0 aliphatic carbocycles. The molecule has 3 N–H and O–H groups in total. The van der Waals surface area contributed by atoms with Gasteiger partial charge in [0, 0.05) is 31.9 Å². The summed E-state index contributed by atoms with van der Waals surface area (Å²) in [6.45, 7) is 1.93. The van der Waals surface area contributed by atoms with E-state index in [0.29, 0.717) is 12.2 Å². The topological polar surface area (TPSA) is 49.5 Å². The molecule has 0 radical (unpaired) electrons. The molecule has 0 heterocycles. The quantitative estimate of drug-likeness (QED) is 0.763. The van der Waals surface area contributed by atoms with Crippen molar-refractivity contribution in [2.24, 2.45) is 5.73 Å². The molecule has 0 aromatic heterocycles. The van der Waals surface area contributed by atoms with Crippen LogP contribution in [0.5, 0.6) is 5.75 Å². The van der Waals surface area contributed by atoms with Gasteiger partial charge < -0.3 is 15.7 Å². The van der Waals surface area contributed by atoms with Gasteiger partial charge in [0.25, 0.3) is 0 Å². The minimum atomic E-state index is 0.0751. The van der Waals surface area contributed by atoms with Crippen LogP contribution in [0.25, 0.3) is 0 Å². The molecule has 0 bridgehead atoms. The first-order chi connectivity index (χ1) is 6.50. The Morgan fingerprint density at radius 1 is 1.43 bits per heavy atom. The van der Waals surface area contributed by atoms with Crippen LogP contribution in [0, 0.1) is 0 Å². The maximum atomic E-state index is 9.71. The Balaban J connectivity index is 2.90. The maximum absolute atomic E-state index is 9.71. The van der Waals surface area contributed by atoms with Crippen molar-refractivity contribution in [1.29, 1.82) is 0 Å². The van der Waals surface area contributed by atoms with Crippen molar-refractivity contribution < 1.29 is 5.11 Å². The summed E-state index contributed by atoms with van der Waals surface area (Å²) in [4.78, 5) is 1.95. The third-order valence-electron chi connectivity index (χ3n) is 2.13. The molecule has 0 amide bonds. The molecule has 1 atom stereocenters. The van der Waals surface area contributed by atoms with Crippen LogP contribution in [0.15, 0.2) is 18.2 Å². The Morgan fingerprint density at radius 3 is 2.50 bits per heavy atom. The smallest absolute Gasteiger partial charge is 0.120 e. The molecule has 3 heteroatoms. The summed E-state index contributed by atoms with van der Waals surface area (Å²) < 4.78 is 0. The summed E-state index contributed by atoms with van der Waals surface area (Å²) in [6, 6.07) is 5.74. The van der Waals surface area contributed by atoms with Gasteiger partial charge in [0.2, 0.25) is 0 Å². The summed E-state index contributed by atoms with van der Waals surface area (Å²) >= 11 is 0. The maximum Gasteiger partial charge on any atom is 0.120 e. The van der Waals surface area contributed by atoms with E-state index in [4.69, 9.17) is 5.73 Å². The Labute approximate surface area is 85.2 Å². The molecule has 1 unspecified atom stereocenters. The SMILES string of the molecule is CC(N)Cc1ccc(N(C)C)cc1O. The molecule has 0 saturated carbocycles. The van der Waals surface area contributed by atoms with Crippen LogP contribution in [0.2, 0.25) is 0 Å². The highest BCUT2D eigenvalue weighted by Gasteiger charge is 2.05. The van der Waals surface area contributed by atoms with Crippen molar-refractivity contribution in [2.75, 3.05) is 19.0 Å². The molecule has 14 heavy (non-hydrogen) atoms. The molecule has 1 aromatic rings. The van der Waals surface area contributed by atoms with Gasteiger partial charge >= 0.3 is 0 Å². The number of phenolic OH excluding ortho intramolecular Hbond substituents is 1. The fourth-order valence-corrected chi connectivity index (χ4v) is 1.35. The molecule has 0 spiro atoms. The fraction of sp³-hybridized carbons (Fsp3) is 0.455. The predicted octanol–water partition coefficient (Wildman–Crippen LogP) is 1.35. The van der Waals surface area contributed by atoms with Crippen LogP contribution in [-0.2, 0) is 6.42 Å². The number of aromatic hydroxyl groups is 1. The third kappa shape index (κ3) is 2.64. The van der Waals surface area contributed by atoms with E-state index < -0.39 is 0 Å². The average molecular weight is 194 g/mol. The van der Waals surface area contributed by atoms with Crippen molar-refractivity contribution >= 4 is 5.69 Å². The molecule has 0 aliphatic rings. The van der Waals surface area contributed by atoms with Crippen LogP contribution in [0.3, 0.4) is 0 Å². The van der Waals surface area contributed by atoms with Gasteiger partial charge in [-0.15, -0.1) is 0 Å². The van der Waals surface area contributed by atoms with Gasteiger partial charge in [0.05, 0.1) is 0 Å². The van der Waals surface area contributed by atoms with Gasteiger partial charge in [-0.05, 0) is 25.0 Å². The standard InChI is InChI=1S/C11H18N2O/c1-8(12)6-9-4-5-10(13(2)3)7-11(9)14/h4-5,7-8,14H,6,12H2,1-3H3. The largest absolute Gasteiger partial charge is 0.508 e. The zero-order valence-electron chi connectivity index (χ0n) is 8.99. The van der Waals surface area contributed by atoms with E-state index in [-0.39, 0.29) is 6.04 Å². The number of nitrogens with zero attached hydrogens (tertiary/aromatic N) is 1. The second kappa shape index (κ2) is 4.33. The molecule has 78 valence electrons. The lowest BCUT2D eigenvalue weighted by molar-refractivity contribution is 0.465. The van der Waals surface area contributed by atoms with Crippen molar-refractivity contribution in [3.8, 4) is 5.75 Å². The van der Waals surface area contributed by atoms with E-state index in [1.54, 1.807) is 6.07 Å². The highest BCUT2D eigenvalue weighted by atomic mass is 16.3. The van der Waals surface area contributed by atoms with Gasteiger partial charge in [0.15, 0.2) is 0 Å². The highest BCUT2D eigenvalue weighted by molar-refractivity contribution is 5.52. The van der Waals surface area contributed by atoms with Gasteiger partial charge in [0.1, 0.15) is 5.75 Å². The summed E-state index contributed by atoms with van der Waals surface area (Å²) in [5.41, 5.74) is 7.57. The predicted molar refractivity (Wildman–Crippen MR) is 59.8 cm³/mol. The minimum absolute atomic E-state index is 0.0751. The summed E-state index contributed by atoms with van der Waals surface area (Å²) in [5, 5.41) is 9.71. The van der Waals surface area contributed by atoms with Crippen LogP contribution in [-0.4, -0.2) is 25.2 Å². The second-order valence-corrected chi connectivity index (χ2v) is 3.89. The van der Waals surface area contributed by atoms with E-state index >= 15 is 0 Å². The molecule has 0 fully saturated rings. The fourth-order valence-electron chi connectivity index (χ4n) is 1.35. The Kier molecular flexibility index (Phi) is 3.36. The number of hydrogen-bond acceptors (Lipinski definition) is 3. The number of phenols is 1. The van der Waals surface area contributed by atoms with E-state index in [1.165, 1.54) is 0 Å². The monoisotopic (exact) mass is 194 g/mol. The molecule has 3 nitrogen and oxygen atoms in total. The van der Waals surface area contributed by atoms with Gasteiger partial charge in [-0.1, -0.05) is 6.07 Å². The third-order valence-corrected chi connectivity index (χ3v) is 2.13. The Bertz CT molecular complexity index is 308. The Morgan fingerprint density at radius 2 is 2.07 bits per heavy atom. The number of anilines is 1. The normalized spacial score (nSPS) is 12.6. The molecule has 1 aromatic carbocycles. The van der Waals surface area contributed by atoms with Gasteiger partial charge in [-0.2, -0.15) is 0 Å². The zero-order chi connectivity index (χ0) is 10.7. The van der Waals surface area contributed by atoms with Gasteiger partial charge in [-0.3, -0.25) is 0 Å². The summed E-state index contributed by atoms with van der Waals surface area (Å²) in [6.07, 6.45) is 0.708. The number of nitrogens with two attached hydrogens (primary N) is 1. The molecular weight excluding hydrogens is 176 g/mol. The van der Waals surface area contributed by atoms with Crippen molar-refractivity contribution in [3.63, 3.8) is 0 Å². The number of benzene rings is 1. The van der Waals surface area contributed by atoms with Crippen LogP contribution in [0.4, 0.5) is 5.69 Å². The van der Waals surface area contributed by atoms with Crippen molar-refractivity contribution in [1.82, 2.24) is 0 Å². The Hall–Kier alpha value is -1.22. The van der Waals surface area contributed by atoms with Crippen molar-refractivity contribution in [2.45, 2.75) is 19.4 Å². The number of rotatable bonds is 3.